The van der Waals surface area contributed by atoms with Crippen LogP contribution < -0.4 is 14.2 Å². The molecule has 3 aliphatic heterocycles. The summed E-state index contributed by atoms with van der Waals surface area (Å²) in [4.78, 5) is 2.62. The van der Waals surface area contributed by atoms with Crippen molar-refractivity contribution in [1.82, 2.24) is 4.90 Å². The summed E-state index contributed by atoms with van der Waals surface area (Å²) in [5, 5.41) is 0. The van der Waals surface area contributed by atoms with Crippen LogP contribution in [0.4, 0.5) is 0 Å². The summed E-state index contributed by atoms with van der Waals surface area (Å²) in [6.07, 6.45) is 5.07. The van der Waals surface area contributed by atoms with E-state index in [1.54, 1.807) is 7.11 Å². The molecule has 23 heavy (non-hydrogen) atoms. The van der Waals surface area contributed by atoms with Crippen molar-refractivity contribution in [1.29, 1.82) is 0 Å². The fraction of sp³-hybridized carbons (Fsp3) is 0.667. The van der Waals surface area contributed by atoms with Crippen LogP contribution in [0.15, 0.2) is 6.07 Å². The van der Waals surface area contributed by atoms with Crippen molar-refractivity contribution in [3.05, 3.63) is 17.2 Å². The van der Waals surface area contributed by atoms with Crippen LogP contribution in [0.25, 0.3) is 0 Å². The average molecular weight is 317 g/mol. The Kier molecular flexibility index (Phi) is 2.89. The van der Waals surface area contributed by atoms with E-state index in [0.29, 0.717) is 18.9 Å². The SMILES string of the molecule is COc1c2c(cc3c1OCO3)C13CCC(OC)CC1N(CC3)C2. The third-order valence-corrected chi connectivity index (χ3v) is 6.48. The van der Waals surface area contributed by atoms with E-state index in [1.165, 1.54) is 24.0 Å². The van der Waals surface area contributed by atoms with Gasteiger partial charge in [0.15, 0.2) is 11.5 Å². The minimum Gasteiger partial charge on any atom is -0.492 e. The lowest BCUT2D eigenvalue weighted by Gasteiger charge is -2.49. The third-order valence-electron chi connectivity index (χ3n) is 6.48. The molecule has 2 fully saturated rings. The molecule has 4 atom stereocenters. The second kappa shape index (κ2) is 4.77. The number of rotatable bonds is 2. The second-order valence-corrected chi connectivity index (χ2v) is 7.19. The molecule has 1 saturated carbocycles. The number of hydrogen-bond acceptors (Lipinski definition) is 5. The topological polar surface area (TPSA) is 40.2 Å². The summed E-state index contributed by atoms with van der Waals surface area (Å²) in [5.41, 5.74) is 2.98. The van der Waals surface area contributed by atoms with Gasteiger partial charge >= 0.3 is 0 Å². The Morgan fingerprint density at radius 1 is 1.26 bits per heavy atom. The standard InChI is InChI=1S/C18H23NO4/c1-20-11-3-4-18-5-6-19(15(18)7-11)9-12-13(18)8-14-17(16(12)21-2)23-10-22-14/h8,11,15H,3-7,9-10H2,1-2H3. The summed E-state index contributed by atoms with van der Waals surface area (Å²) in [6, 6.07) is 2.82. The molecule has 5 rings (SSSR count). The fourth-order valence-electron chi connectivity index (χ4n) is 5.39. The zero-order valence-corrected chi connectivity index (χ0v) is 13.8. The van der Waals surface area contributed by atoms with Crippen molar-refractivity contribution in [2.24, 2.45) is 0 Å². The largest absolute Gasteiger partial charge is 0.492 e. The first-order valence-electron chi connectivity index (χ1n) is 8.53. The van der Waals surface area contributed by atoms with Gasteiger partial charge in [-0.2, -0.15) is 0 Å². The molecule has 0 aromatic heterocycles. The van der Waals surface area contributed by atoms with Crippen molar-refractivity contribution in [2.45, 2.75) is 49.8 Å². The molecule has 4 unspecified atom stereocenters. The highest BCUT2D eigenvalue weighted by Crippen LogP contribution is 2.58. The molecule has 3 heterocycles. The number of benzene rings is 1. The van der Waals surface area contributed by atoms with Gasteiger partial charge in [0, 0.05) is 30.7 Å². The Hall–Kier alpha value is -1.46. The van der Waals surface area contributed by atoms with Crippen LogP contribution in [0.1, 0.15) is 36.8 Å². The maximum atomic E-state index is 5.74. The van der Waals surface area contributed by atoms with E-state index in [-0.39, 0.29) is 5.41 Å². The summed E-state index contributed by atoms with van der Waals surface area (Å²) in [6.45, 7) is 2.39. The predicted octanol–water partition coefficient (Wildman–Crippen LogP) is 2.45. The van der Waals surface area contributed by atoms with Crippen molar-refractivity contribution in [2.75, 3.05) is 27.6 Å². The Morgan fingerprint density at radius 2 is 2.17 bits per heavy atom. The van der Waals surface area contributed by atoms with Gasteiger partial charge in [-0.1, -0.05) is 0 Å². The van der Waals surface area contributed by atoms with E-state index in [1.807, 2.05) is 7.11 Å². The fourth-order valence-corrected chi connectivity index (χ4v) is 5.39. The van der Waals surface area contributed by atoms with Gasteiger partial charge in [-0.3, -0.25) is 4.90 Å². The number of methoxy groups -OCH3 is 2. The lowest BCUT2D eigenvalue weighted by Crippen LogP contribution is -2.51. The molecular weight excluding hydrogens is 294 g/mol. The van der Waals surface area contributed by atoms with Gasteiger partial charge in [0.05, 0.1) is 13.2 Å². The van der Waals surface area contributed by atoms with E-state index in [2.05, 4.69) is 11.0 Å². The van der Waals surface area contributed by atoms with Crippen LogP contribution >= 0.6 is 0 Å². The lowest BCUT2D eigenvalue weighted by molar-refractivity contribution is 0.00894. The molecule has 124 valence electrons. The molecule has 1 aromatic carbocycles. The molecule has 5 nitrogen and oxygen atoms in total. The van der Waals surface area contributed by atoms with Gasteiger partial charge in [0.1, 0.15) is 0 Å². The lowest BCUT2D eigenvalue weighted by atomic mass is 9.63. The van der Waals surface area contributed by atoms with E-state index in [0.717, 1.165) is 43.2 Å². The Bertz CT molecular complexity index is 661. The van der Waals surface area contributed by atoms with Gasteiger partial charge in [-0.15, -0.1) is 0 Å². The normalized spacial score (nSPS) is 36.5. The number of ether oxygens (including phenoxy) is 4. The Labute approximate surface area is 136 Å². The predicted molar refractivity (Wildman–Crippen MR) is 84.3 cm³/mol. The maximum Gasteiger partial charge on any atom is 0.231 e. The van der Waals surface area contributed by atoms with E-state index < -0.39 is 0 Å². The number of fused-ring (bicyclic) bond motifs is 2. The highest BCUT2D eigenvalue weighted by atomic mass is 16.7. The molecule has 0 radical (unpaired) electrons. The molecule has 0 amide bonds. The first-order chi connectivity index (χ1) is 11.3. The average Bonchev–Trinajstić information content (AvgIpc) is 3.15. The van der Waals surface area contributed by atoms with E-state index in [4.69, 9.17) is 18.9 Å². The molecule has 0 spiro atoms. The highest BCUT2D eigenvalue weighted by Gasteiger charge is 2.56. The van der Waals surface area contributed by atoms with E-state index >= 15 is 0 Å². The van der Waals surface area contributed by atoms with Crippen LogP contribution in [0, 0.1) is 0 Å². The molecule has 2 bridgehead atoms. The maximum absolute atomic E-state index is 5.74. The van der Waals surface area contributed by atoms with Gasteiger partial charge in [-0.25, -0.2) is 0 Å². The first-order valence-corrected chi connectivity index (χ1v) is 8.53. The van der Waals surface area contributed by atoms with E-state index in [9.17, 15) is 0 Å². The molecule has 4 aliphatic rings. The summed E-state index contributed by atoms with van der Waals surface area (Å²) < 4.78 is 22.8. The van der Waals surface area contributed by atoms with Crippen molar-refractivity contribution in [3.8, 4) is 17.2 Å². The zero-order valence-electron chi connectivity index (χ0n) is 13.8. The van der Waals surface area contributed by atoms with Crippen LogP contribution in [-0.2, 0) is 16.7 Å². The molecule has 5 heteroatoms. The smallest absolute Gasteiger partial charge is 0.231 e. The Balaban J connectivity index is 1.68. The van der Waals surface area contributed by atoms with Gasteiger partial charge in [0.2, 0.25) is 12.5 Å². The molecule has 1 aliphatic carbocycles. The Morgan fingerprint density at radius 3 is 3.00 bits per heavy atom. The summed E-state index contributed by atoms with van der Waals surface area (Å²) in [7, 11) is 3.58. The van der Waals surface area contributed by atoms with Crippen molar-refractivity contribution < 1.29 is 18.9 Å². The second-order valence-electron chi connectivity index (χ2n) is 7.19. The van der Waals surface area contributed by atoms with Crippen LogP contribution in [0.5, 0.6) is 17.2 Å². The van der Waals surface area contributed by atoms with Crippen LogP contribution in [0.2, 0.25) is 0 Å². The van der Waals surface area contributed by atoms with Crippen molar-refractivity contribution in [3.63, 3.8) is 0 Å². The molecule has 0 N–H and O–H groups in total. The minimum absolute atomic E-state index is 0.233. The highest BCUT2D eigenvalue weighted by molar-refractivity contribution is 5.63. The zero-order chi connectivity index (χ0) is 15.6. The molecule has 1 aromatic rings. The van der Waals surface area contributed by atoms with Crippen molar-refractivity contribution >= 4 is 0 Å². The van der Waals surface area contributed by atoms with Crippen LogP contribution in [0.3, 0.4) is 0 Å². The van der Waals surface area contributed by atoms with Crippen LogP contribution in [-0.4, -0.2) is 44.6 Å². The molecule has 1 saturated heterocycles. The summed E-state index contributed by atoms with van der Waals surface area (Å²) in [5.74, 6) is 2.52. The minimum atomic E-state index is 0.233. The third kappa shape index (κ3) is 1.69. The number of hydrogen-bond donors (Lipinski definition) is 0. The molecular formula is C18H23NO4. The van der Waals surface area contributed by atoms with Gasteiger partial charge in [0.25, 0.3) is 0 Å². The monoisotopic (exact) mass is 317 g/mol. The van der Waals surface area contributed by atoms with Gasteiger partial charge in [-0.05, 0) is 43.9 Å². The first kappa shape index (κ1) is 13.9. The quantitative estimate of drug-likeness (QED) is 0.838. The van der Waals surface area contributed by atoms with Gasteiger partial charge < -0.3 is 18.9 Å². The number of nitrogens with zero attached hydrogens (tertiary/aromatic N) is 1. The summed E-state index contributed by atoms with van der Waals surface area (Å²) >= 11 is 0.